The number of anilines is 1. The first kappa shape index (κ1) is 18.1. The Morgan fingerprint density at radius 1 is 1.22 bits per heavy atom. The molecular formula is C18H15N3O6. The molecule has 9 heteroatoms. The fourth-order valence-corrected chi connectivity index (χ4v) is 2.80. The van der Waals surface area contributed by atoms with E-state index >= 15 is 0 Å². The van der Waals surface area contributed by atoms with Crippen LogP contribution in [-0.4, -0.2) is 38.8 Å². The van der Waals surface area contributed by atoms with Gasteiger partial charge in [-0.25, -0.2) is 4.79 Å². The average molecular weight is 369 g/mol. The first-order valence-corrected chi connectivity index (χ1v) is 8.00. The molecule has 1 heterocycles. The topological polar surface area (TPSA) is 130 Å². The smallest absolute Gasteiger partial charge is 0.335 e. The molecule has 0 aliphatic carbocycles. The fourth-order valence-electron chi connectivity index (χ4n) is 2.80. The predicted octanol–water partition coefficient (Wildman–Crippen LogP) is 2.28. The van der Waals surface area contributed by atoms with E-state index in [9.17, 15) is 24.5 Å². The highest BCUT2D eigenvalue weighted by molar-refractivity contribution is 6.10. The van der Waals surface area contributed by atoms with Gasteiger partial charge in [0.05, 0.1) is 21.7 Å². The Labute approximate surface area is 153 Å². The molecule has 0 bridgehead atoms. The van der Waals surface area contributed by atoms with Crippen LogP contribution < -0.4 is 5.32 Å². The number of carboxylic acid groups (broad SMARTS) is 1. The number of non-ortho nitro benzene ring substituents is 1. The lowest BCUT2D eigenvalue weighted by molar-refractivity contribution is -0.384. The van der Waals surface area contributed by atoms with Crippen LogP contribution in [0.3, 0.4) is 0 Å². The Hall–Kier alpha value is -3.75. The second kappa shape index (κ2) is 6.87. The van der Waals surface area contributed by atoms with E-state index in [2.05, 4.69) is 5.32 Å². The first-order chi connectivity index (χ1) is 12.8. The second-order valence-electron chi connectivity index (χ2n) is 6.09. The number of nitro groups is 1. The monoisotopic (exact) mass is 369 g/mol. The van der Waals surface area contributed by atoms with Crippen LogP contribution in [0.15, 0.2) is 42.5 Å². The number of rotatable bonds is 4. The van der Waals surface area contributed by atoms with Gasteiger partial charge in [-0.1, -0.05) is 12.1 Å². The summed E-state index contributed by atoms with van der Waals surface area (Å²) in [6, 6.07) is 8.84. The van der Waals surface area contributed by atoms with Crippen molar-refractivity contribution in [2.24, 2.45) is 0 Å². The molecule has 9 nitrogen and oxygen atoms in total. The number of fused-ring (bicyclic) bond motifs is 1. The van der Waals surface area contributed by atoms with Gasteiger partial charge < -0.3 is 15.3 Å². The van der Waals surface area contributed by atoms with E-state index in [4.69, 9.17) is 5.11 Å². The Balaban J connectivity index is 1.95. The molecule has 1 unspecified atom stereocenters. The summed E-state index contributed by atoms with van der Waals surface area (Å²) in [5, 5.41) is 22.4. The number of hydrogen-bond donors (Lipinski definition) is 2. The molecule has 2 aromatic carbocycles. The lowest BCUT2D eigenvalue weighted by atomic mass is 10.1. The van der Waals surface area contributed by atoms with Gasteiger partial charge in [-0.05, 0) is 30.7 Å². The largest absolute Gasteiger partial charge is 0.478 e. The number of carbonyl (C=O) groups is 3. The Morgan fingerprint density at radius 3 is 2.48 bits per heavy atom. The zero-order chi connectivity index (χ0) is 19.7. The summed E-state index contributed by atoms with van der Waals surface area (Å²) in [5.74, 6) is -1.98. The van der Waals surface area contributed by atoms with Crippen molar-refractivity contribution in [3.63, 3.8) is 0 Å². The Morgan fingerprint density at radius 2 is 1.89 bits per heavy atom. The molecule has 138 valence electrons. The maximum absolute atomic E-state index is 12.9. The van der Waals surface area contributed by atoms with E-state index in [-0.39, 0.29) is 29.0 Å². The number of carbonyl (C=O) groups excluding carboxylic acids is 2. The normalized spacial score (nSPS) is 16.3. The second-order valence-corrected chi connectivity index (χ2v) is 6.09. The summed E-state index contributed by atoms with van der Waals surface area (Å²) in [4.78, 5) is 47.9. The molecule has 1 atom stereocenters. The third kappa shape index (κ3) is 3.47. The maximum Gasteiger partial charge on any atom is 0.335 e. The number of benzene rings is 2. The van der Waals surface area contributed by atoms with Crippen LogP contribution >= 0.6 is 0 Å². The summed E-state index contributed by atoms with van der Waals surface area (Å²) in [7, 11) is 0. The Bertz CT molecular complexity index is 954. The van der Waals surface area contributed by atoms with E-state index in [0.29, 0.717) is 5.56 Å². The molecular weight excluding hydrogens is 354 g/mol. The molecule has 0 spiro atoms. The molecule has 2 aromatic rings. The van der Waals surface area contributed by atoms with E-state index in [1.54, 1.807) is 19.1 Å². The fraction of sp³-hybridized carbons (Fsp3) is 0.167. The van der Waals surface area contributed by atoms with Crippen LogP contribution in [0.1, 0.15) is 33.2 Å². The average Bonchev–Trinajstić information content (AvgIpc) is 2.72. The summed E-state index contributed by atoms with van der Waals surface area (Å²) in [6.45, 7) is 1.64. The molecule has 1 aliphatic heterocycles. The van der Waals surface area contributed by atoms with E-state index in [0.717, 1.165) is 6.07 Å². The summed E-state index contributed by atoms with van der Waals surface area (Å²) in [5.41, 5.74) is 0.783. The van der Waals surface area contributed by atoms with Gasteiger partial charge in [-0.15, -0.1) is 0 Å². The number of nitro benzene ring substituents is 1. The van der Waals surface area contributed by atoms with E-state index in [1.807, 2.05) is 0 Å². The van der Waals surface area contributed by atoms with Crippen molar-refractivity contribution < 1.29 is 24.4 Å². The highest BCUT2D eigenvalue weighted by Crippen LogP contribution is 2.28. The third-order valence-corrected chi connectivity index (χ3v) is 4.36. The van der Waals surface area contributed by atoms with Crippen LogP contribution in [0, 0.1) is 10.1 Å². The zero-order valence-electron chi connectivity index (χ0n) is 14.2. The molecule has 0 radical (unpaired) electrons. The van der Waals surface area contributed by atoms with Crippen LogP contribution in [0.5, 0.6) is 0 Å². The van der Waals surface area contributed by atoms with Crippen LogP contribution in [0.4, 0.5) is 11.4 Å². The summed E-state index contributed by atoms with van der Waals surface area (Å²) in [6.07, 6.45) is 0. The minimum Gasteiger partial charge on any atom is -0.478 e. The number of carboxylic acids is 1. The molecule has 2 N–H and O–H groups in total. The highest BCUT2D eigenvalue weighted by atomic mass is 16.6. The maximum atomic E-state index is 12.9. The molecule has 3 rings (SSSR count). The van der Waals surface area contributed by atoms with Gasteiger partial charge in [-0.3, -0.25) is 19.7 Å². The minimum absolute atomic E-state index is 0.0871. The van der Waals surface area contributed by atoms with Crippen molar-refractivity contribution >= 4 is 29.2 Å². The quantitative estimate of drug-likeness (QED) is 0.628. The first-order valence-electron chi connectivity index (χ1n) is 8.00. The zero-order valence-corrected chi connectivity index (χ0v) is 14.2. The number of hydrogen-bond acceptors (Lipinski definition) is 5. The lowest BCUT2D eigenvalue weighted by Crippen LogP contribution is -2.42. The summed E-state index contributed by atoms with van der Waals surface area (Å²) >= 11 is 0. The van der Waals surface area contributed by atoms with Gasteiger partial charge in [0.2, 0.25) is 5.91 Å². The van der Waals surface area contributed by atoms with Crippen LogP contribution in [0.2, 0.25) is 0 Å². The van der Waals surface area contributed by atoms with Crippen LogP contribution in [0.25, 0.3) is 0 Å². The van der Waals surface area contributed by atoms with Gasteiger partial charge in [0.25, 0.3) is 11.6 Å². The number of aromatic carboxylic acids is 1. The number of nitrogens with one attached hydrogen (secondary N) is 1. The van der Waals surface area contributed by atoms with Crippen molar-refractivity contribution in [3.8, 4) is 0 Å². The number of nitrogens with zero attached hydrogens (tertiary/aromatic N) is 2. The standard InChI is InChI=1S/C18H15N3O6/c1-10-16(22)19-15-8-13(21(26)27)6-7-14(15)17(23)20(10)9-11-2-4-12(5-3-11)18(24)25/h2-8,10H,9H2,1H3,(H,19,22)(H,24,25). The molecule has 1 aliphatic rings. The molecule has 27 heavy (non-hydrogen) atoms. The van der Waals surface area contributed by atoms with Crippen molar-refractivity contribution in [2.45, 2.75) is 19.5 Å². The minimum atomic E-state index is -1.06. The van der Waals surface area contributed by atoms with Crippen LogP contribution in [-0.2, 0) is 11.3 Å². The van der Waals surface area contributed by atoms with Gasteiger partial charge in [-0.2, -0.15) is 0 Å². The molecule has 0 saturated heterocycles. The van der Waals surface area contributed by atoms with Crippen molar-refractivity contribution in [2.75, 3.05) is 5.32 Å². The molecule has 0 fully saturated rings. The SMILES string of the molecule is CC1C(=O)Nc2cc([N+](=O)[O-])ccc2C(=O)N1Cc1ccc(C(=O)O)cc1. The van der Waals surface area contributed by atoms with E-state index < -0.39 is 28.7 Å². The highest BCUT2D eigenvalue weighted by Gasteiger charge is 2.33. The molecule has 2 amide bonds. The van der Waals surface area contributed by atoms with E-state index in [1.165, 1.54) is 29.2 Å². The lowest BCUT2D eigenvalue weighted by Gasteiger charge is -2.26. The van der Waals surface area contributed by atoms with Gasteiger partial charge in [0.15, 0.2) is 0 Å². The molecule has 0 saturated carbocycles. The third-order valence-electron chi connectivity index (χ3n) is 4.36. The van der Waals surface area contributed by atoms with Gasteiger partial charge >= 0.3 is 5.97 Å². The predicted molar refractivity (Wildman–Crippen MR) is 94.5 cm³/mol. The Kier molecular flexibility index (Phi) is 4.59. The van der Waals surface area contributed by atoms with Crippen molar-refractivity contribution in [1.29, 1.82) is 0 Å². The van der Waals surface area contributed by atoms with Crippen molar-refractivity contribution in [1.82, 2.24) is 4.90 Å². The summed E-state index contributed by atoms with van der Waals surface area (Å²) < 4.78 is 0. The molecule has 0 aromatic heterocycles. The van der Waals surface area contributed by atoms with Gasteiger partial charge in [0.1, 0.15) is 6.04 Å². The van der Waals surface area contributed by atoms with Gasteiger partial charge in [0, 0.05) is 18.7 Å². The van der Waals surface area contributed by atoms with Crippen molar-refractivity contribution in [3.05, 3.63) is 69.3 Å². The number of amides is 2.